The van der Waals surface area contributed by atoms with E-state index in [1.165, 1.54) is 10.7 Å². The molecule has 0 saturated carbocycles. The minimum absolute atomic E-state index is 0.0973. The van der Waals surface area contributed by atoms with Crippen molar-refractivity contribution in [2.45, 2.75) is 78.8 Å². The normalized spacial score (nSPS) is 20.8. The summed E-state index contributed by atoms with van der Waals surface area (Å²) >= 11 is 0. The van der Waals surface area contributed by atoms with E-state index < -0.39 is 8.07 Å². The van der Waals surface area contributed by atoms with Gasteiger partial charge in [-0.15, -0.1) is 0 Å². The number of allylic oxidation sites excluding steroid dienone is 2. The highest BCUT2D eigenvalue weighted by molar-refractivity contribution is 6.91. The molecule has 1 aromatic rings. The molecule has 0 aromatic heterocycles. The lowest BCUT2D eigenvalue weighted by molar-refractivity contribution is 0.00578. The van der Waals surface area contributed by atoms with E-state index in [1.807, 2.05) is 0 Å². The van der Waals surface area contributed by atoms with E-state index in [4.69, 9.17) is 9.31 Å². The zero-order valence-corrected chi connectivity index (χ0v) is 18.6. The highest BCUT2D eigenvalue weighted by Crippen LogP contribution is 2.40. The van der Waals surface area contributed by atoms with Gasteiger partial charge in [0, 0.05) is 0 Å². The van der Waals surface area contributed by atoms with Gasteiger partial charge >= 0.3 is 7.12 Å². The molecule has 0 bridgehead atoms. The van der Waals surface area contributed by atoms with Crippen molar-refractivity contribution in [3.05, 3.63) is 41.9 Å². The number of hydrogen-bond acceptors (Lipinski definition) is 2. The maximum absolute atomic E-state index is 6.39. The average Bonchev–Trinajstić information content (AvgIpc) is 2.66. The topological polar surface area (TPSA) is 18.5 Å². The molecule has 0 amide bonds. The molecule has 1 heterocycles. The van der Waals surface area contributed by atoms with E-state index in [-0.39, 0.29) is 23.7 Å². The molecule has 25 heavy (non-hydrogen) atoms. The van der Waals surface area contributed by atoms with Crippen molar-refractivity contribution in [2.75, 3.05) is 0 Å². The summed E-state index contributed by atoms with van der Waals surface area (Å²) in [5.74, 6) is 0. The first-order valence-corrected chi connectivity index (χ1v) is 12.6. The molecular weight excluding hydrogens is 323 g/mol. The first-order chi connectivity index (χ1) is 11.2. The molecule has 1 aliphatic rings. The van der Waals surface area contributed by atoms with Crippen molar-refractivity contribution in [2.24, 2.45) is 5.41 Å². The first-order valence-electron chi connectivity index (χ1n) is 9.36. The van der Waals surface area contributed by atoms with Gasteiger partial charge in [0.1, 0.15) is 0 Å². The Balaban J connectivity index is 2.35. The Morgan fingerprint density at radius 3 is 1.92 bits per heavy atom. The maximum Gasteiger partial charge on any atom is 0.489 e. The molecule has 0 aliphatic carbocycles. The predicted molar refractivity (Wildman–Crippen MR) is 112 cm³/mol. The van der Waals surface area contributed by atoms with Crippen molar-refractivity contribution in [1.29, 1.82) is 0 Å². The number of benzene rings is 1. The van der Waals surface area contributed by atoms with Crippen molar-refractivity contribution in [1.82, 2.24) is 0 Å². The highest BCUT2D eigenvalue weighted by Gasteiger charge is 2.53. The molecular formula is C21H35BO2Si. The van der Waals surface area contributed by atoms with Crippen LogP contribution in [0, 0.1) is 5.41 Å². The summed E-state index contributed by atoms with van der Waals surface area (Å²) in [6, 6.07) is 12.0. The Kier molecular flexibility index (Phi) is 5.50. The van der Waals surface area contributed by atoms with Gasteiger partial charge in [-0.05, 0) is 44.6 Å². The summed E-state index contributed by atoms with van der Waals surface area (Å²) in [7, 11) is -1.88. The summed E-state index contributed by atoms with van der Waals surface area (Å²) in [6.45, 7) is 20.1. The van der Waals surface area contributed by atoms with E-state index in [0.29, 0.717) is 0 Å². The molecule has 0 radical (unpaired) electrons. The predicted octanol–water partition coefficient (Wildman–Crippen LogP) is 5.21. The molecule has 0 atom stereocenters. The van der Waals surface area contributed by atoms with Crippen LogP contribution < -0.4 is 5.19 Å². The molecule has 138 valence electrons. The minimum atomic E-state index is -1.63. The van der Waals surface area contributed by atoms with Crippen LogP contribution in [-0.4, -0.2) is 26.4 Å². The largest absolute Gasteiger partial charge is 0.489 e. The van der Waals surface area contributed by atoms with E-state index in [1.54, 1.807) is 0 Å². The molecule has 0 N–H and O–H groups in total. The van der Waals surface area contributed by atoms with Crippen LogP contribution in [0.1, 0.15) is 48.5 Å². The van der Waals surface area contributed by atoms with Crippen LogP contribution in [-0.2, 0) is 9.31 Å². The van der Waals surface area contributed by atoms with E-state index in [2.05, 4.69) is 98.0 Å². The van der Waals surface area contributed by atoms with Crippen LogP contribution in [0.15, 0.2) is 41.9 Å². The van der Waals surface area contributed by atoms with Crippen molar-refractivity contribution < 1.29 is 9.31 Å². The monoisotopic (exact) mass is 358 g/mol. The van der Waals surface area contributed by atoms with Gasteiger partial charge in [0.05, 0.1) is 19.3 Å². The lowest BCUT2D eigenvalue weighted by atomic mass is 9.75. The van der Waals surface area contributed by atoms with E-state index in [0.717, 1.165) is 6.04 Å². The fourth-order valence-electron chi connectivity index (χ4n) is 3.25. The lowest BCUT2D eigenvalue weighted by Gasteiger charge is -2.32. The third-order valence-electron chi connectivity index (χ3n) is 5.38. The summed E-state index contributed by atoms with van der Waals surface area (Å²) in [4.78, 5) is 0. The number of rotatable bonds is 4. The fourth-order valence-corrected chi connectivity index (χ4v) is 5.84. The smallest absolute Gasteiger partial charge is 0.400 e. The van der Waals surface area contributed by atoms with Crippen LogP contribution in [0.4, 0.5) is 0 Å². The molecule has 1 saturated heterocycles. The molecule has 2 rings (SSSR count). The zero-order chi connectivity index (χ0) is 19.1. The van der Waals surface area contributed by atoms with Gasteiger partial charge in [-0.3, -0.25) is 0 Å². The second-order valence-corrected chi connectivity index (χ2v) is 14.8. The summed E-state index contributed by atoms with van der Waals surface area (Å²) in [5.41, 5.74) is 0.798. The van der Waals surface area contributed by atoms with Gasteiger partial charge in [0.25, 0.3) is 0 Å². The van der Waals surface area contributed by atoms with Crippen LogP contribution in [0.2, 0.25) is 19.1 Å². The Hall–Kier alpha value is -0.838. The third kappa shape index (κ3) is 4.87. The quantitative estimate of drug-likeness (QED) is 0.688. The van der Waals surface area contributed by atoms with Gasteiger partial charge in [0.2, 0.25) is 0 Å². The van der Waals surface area contributed by atoms with Crippen molar-refractivity contribution in [3.63, 3.8) is 0 Å². The van der Waals surface area contributed by atoms with Gasteiger partial charge < -0.3 is 9.31 Å². The van der Waals surface area contributed by atoms with Gasteiger partial charge in [0.15, 0.2) is 0 Å². The Labute approximate surface area is 156 Å². The van der Waals surface area contributed by atoms with Crippen LogP contribution in [0.3, 0.4) is 0 Å². The van der Waals surface area contributed by atoms with Gasteiger partial charge in [-0.1, -0.05) is 75.5 Å². The van der Waals surface area contributed by atoms with Crippen LogP contribution in [0.5, 0.6) is 0 Å². The lowest BCUT2D eigenvalue weighted by Crippen LogP contribution is -2.43. The van der Waals surface area contributed by atoms with Crippen molar-refractivity contribution >= 4 is 20.4 Å². The van der Waals surface area contributed by atoms with E-state index in [9.17, 15) is 0 Å². The summed E-state index contributed by atoms with van der Waals surface area (Å²) in [6.07, 6.45) is 2.37. The highest BCUT2D eigenvalue weighted by atomic mass is 28.3. The van der Waals surface area contributed by atoms with Crippen LogP contribution >= 0.6 is 0 Å². The van der Waals surface area contributed by atoms with Gasteiger partial charge in [-0.2, -0.15) is 0 Å². The zero-order valence-electron chi connectivity index (χ0n) is 17.6. The van der Waals surface area contributed by atoms with Crippen molar-refractivity contribution in [3.8, 4) is 0 Å². The van der Waals surface area contributed by atoms with Gasteiger partial charge in [-0.25, -0.2) is 0 Å². The maximum atomic E-state index is 6.39. The Bertz CT molecular complexity index is 611. The summed E-state index contributed by atoms with van der Waals surface area (Å²) in [5, 5.41) is 1.48. The fraction of sp³-hybridized carbons (Fsp3) is 0.619. The molecule has 1 fully saturated rings. The molecule has 0 unspecified atom stereocenters. The summed E-state index contributed by atoms with van der Waals surface area (Å²) < 4.78 is 12.8. The standard InChI is InChI=1S/C21H35BO2Si/c1-19(2,3)15-17(22-23-20(4,5)21(6,7)24-22)16-25(8,9)18-13-11-10-12-14-18/h10-15H,16H2,1-9H3/b17-15+. The molecule has 1 aromatic carbocycles. The molecule has 2 nitrogen and oxygen atoms in total. The minimum Gasteiger partial charge on any atom is -0.400 e. The Morgan fingerprint density at radius 1 is 1.00 bits per heavy atom. The number of hydrogen-bond donors (Lipinski definition) is 0. The second kappa shape index (κ2) is 6.71. The molecule has 4 heteroatoms. The molecule has 0 spiro atoms. The van der Waals surface area contributed by atoms with Crippen LogP contribution in [0.25, 0.3) is 0 Å². The third-order valence-corrected chi connectivity index (χ3v) is 8.56. The first kappa shape index (κ1) is 20.5. The molecule has 1 aliphatic heterocycles. The second-order valence-electron chi connectivity index (χ2n) is 10.1. The average molecular weight is 358 g/mol. The SMILES string of the molecule is CC(C)(C)/C=C(\C[Si](C)(C)c1ccccc1)B1OC(C)(C)C(C)(C)O1. The Morgan fingerprint density at radius 2 is 1.48 bits per heavy atom. The van der Waals surface area contributed by atoms with E-state index >= 15 is 0 Å².